The molecule has 2 aromatic carbocycles. The van der Waals surface area contributed by atoms with E-state index < -0.39 is 0 Å². The Hall–Kier alpha value is -2.13. The van der Waals surface area contributed by atoms with Crippen LogP contribution in [0.15, 0.2) is 54.6 Å². The molecule has 0 spiro atoms. The lowest BCUT2D eigenvalue weighted by Gasteiger charge is -2.21. The van der Waals surface area contributed by atoms with Crippen molar-refractivity contribution in [2.75, 3.05) is 13.2 Å². The first-order valence-electron chi connectivity index (χ1n) is 7.06. The lowest BCUT2D eigenvalue weighted by atomic mass is 9.95. The van der Waals surface area contributed by atoms with Gasteiger partial charge in [-0.1, -0.05) is 56.3 Å². The van der Waals surface area contributed by atoms with Gasteiger partial charge in [0.25, 0.3) is 5.91 Å². The van der Waals surface area contributed by atoms with E-state index in [0.29, 0.717) is 12.1 Å². The second kappa shape index (κ2) is 6.55. The highest BCUT2D eigenvalue weighted by molar-refractivity contribution is 5.94. The fourth-order valence-corrected chi connectivity index (χ4v) is 1.92. The molecule has 3 heteroatoms. The number of hydrogen-bond acceptors (Lipinski definition) is 2. The molecule has 0 saturated heterocycles. The summed E-state index contributed by atoms with van der Waals surface area (Å²) in [6, 6.07) is 17.6. The van der Waals surface area contributed by atoms with Gasteiger partial charge in [-0.05, 0) is 23.3 Å². The standard InChI is InChI=1S/C18H21NO2/c1-18(2,13-20)12-19-17(21)16-10-8-15(9-11-16)14-6-4-3-5-7-14/h3-11,20H,12-13H2,1-2H3,(H,19,21). The lowest BCUT2D eigenvalue weighted by molar-refractivity contribution is 0.0911. The van der Waals surface area contributed by atoms with Crippen LogP contribution >= 0.6 is 0 Å². The van der Waals surface area contributed by atoms with Crippen molar-refractivity contribution >= 4 is 5.91 Å². The van der Waals surface area contributed by atoms with Crippen LogP contribution in [0.2, 0.25) is 0 Å². The van der Waals surface area contributed by atoms with Crippen LogP contribution in [-0.4, -0.2) is 24.2 Å². The molecule has 21 heavy (non-hydrogen) atoms. The number of benzene rings is 2. The molecule has 0 heterocycles. The van der Waals surface area contributed by atoms with Crippen molar-refractivity contribution < 1.29 is 9.90 Å². The predicted molar refractivity (Wildman–Crippen MR) is 85.1 cm³/mol. The molecular formula is C18H21NO2. The summed E-state index contributed by atoms with van der Waals surface area (Å²) in [6.45, 7) is 4.31. The van der Waals surface area contributed by atoms with Gasteiger partial charge in [0.05, 0.1) is 0 Å². The second-order valence-electron chi connectivity index (χ2n) is 5.95. The number of carbonyl (C=O) groups excluding carboxylic acids is 1. The molecule has 0 aliphatic heterocycles. The van der Waals surface area contributed by atoms with Gasteiger partial charge in [0, 0.05) is 24.1 Å². The number of aliphatic hydroxyl groups is 1. The Morgan fingerprint density at radius 1 is 1.00 bits per heavy atom. The highest BCUT2D eigenvalue weighted by Crippen LogP contribution is 2.19. The van der Waals surface area contributed by atoms with Crippen LogP contribution in [0.3, 0.4) is 0 Å². The van der Waals surface area contributed by atoms with E-state index in [1.807, 2.05) is 68.4 Å². The average molecular weight is 283 g/mol. The third-order valence-corrected chi connectivity index (χ3v) is 3.41. The summed E-state index contributed by atoms with van der Waals surface area (Å²) in [5.41, 5.74) is 2.54. The molecule has 110 valence electrons. The highest BCUT2D eigenvalue weighted by Gasteiger charge is 2.17. The lowest BCUT2D eigenvalue weighted by Crippen LogP contribution is -2.36. The first-order chi connectivity index (χ1) is 10.0. The van der Waals surface area contributed by atoms with Crippen molar-refractivity contribution in [2.24, 2.45) is 5.41 Å². The number of carbonyl (C=O) groups is 1. The van der Waals surface area contributed by atoms with Crippen molar-refractivity contribution in [3.63, 3.8) is 0 Å². The summed E-state index contributed by atoms with van der Waals surface area (Å²) >= 11 is 0. The topological polar surface area (TPSA) is 49.3 Å². The van der Waals surface area contributed by atoms with Gasteiger partial charge in [0.15, 0.2) is 0 Å². The molecule has 0 fully saturated rings. The Bertz CT molecular complexity index is 588. The van der Waals surface area contributed by atoms with Gasteiger partial charge in [0.2, 0.25) is 0 Å². The SMILES string of the molecule is CC(C)(CO)CNC(=O)c1ccc(-c2ccccc2)cc1. The molecule has 1 amide bonds. The normalized spacial score (nSPS) is 11.2. The van der Waals surface area contributed by atoms with Gasteiger partial charge >= 0.3 is 0 Å². The number of hydrogen-bond donors (Lipinski definition) is 2. The minimum absolute atomic E-state index is 0.0419. The minimum Gasteiger partial charge on any atom is -0.396 e. The minimum atomic E-state index is -0.306. The van der Waals surface area contributed by atoms with E-state index in [9.17, 15) is 9.90 Å². The van der Waals surface area contributed by atoms with Crippen molar-refractivity contribution in [1.82, 2.24) is 5.32 Å². The van der Waals surface area contributed by atoms with Crippen LogP contribution in [-0.2, 0) is 0 Å². The van der Waals surface area contributed by atoms with Crippen molar-refractivity contribution in [1.29, 1.82) is 0 Å². The Morgan fingerprint density at radius 3 is 2.14 bits per heavy atom. The Labute approximate surface area is 125 Å². The van der Waals surface area contributed by atoms with Gasteiger partial charge in [-0.2, -0.15) is 0 Å². The first kappa shape index (κ1) is 15.3. The van der Waals surface area contributed by atoms with Gasteiger partial charge in [-0.15, -0.1) is 0 Å². The van der Waals surface area contributed by atoms with E-state index in [4.69, 9.17) is 0 Å². The number of rotatable bonds is 5. The molecule has 0 radical (unpaired) electrons. The summed E-state index contributed by atoms with van der Waals surface area (Å²) in [6.07, 6.45) is 0. The van der Waals surface area contributed by atoms with Gasteiger partial charge in [0.1, 0.15) is 0 Å². The summed E-state index contributed by atoms with van der Waals surface area (Å²) in [7, 11) is 0. The molecule has 0 aliphatic carbocycles. The Kier molecular flexibility index (Phi) is 4.76. The van der Waals surface area contributed by atoms with E-state index in [0.717, 1.165) is 11.1 Å². The molecule has 0 unspecified atom stereocenters. The largest absolute Gasteiger partial charge is 0.396 e. The zero-order chi connectivity index (χ0) is 15.3. The van der Waals surface area contributed by atoms with Crippen molar-refractivity contribution in [2.45, 2.75) is 13.8 Å². The number of amides is 1. The summed E-state index contributed by atoms with van der Waals surface area (Å²) in [5.74, 6) is -0.115. The van der Waals surface area contributed by atoms with E-state index in [-0.39, 0.29) is 17.9 Å². The van der Waals surface area contributed by atoms with Crippen LogP contribution in [0.25, 0.3) is 11.1 Å². The van der Waals surface area contributed by atoms with E-state index >= 15 is 0 Å². The van der Waals surface area contributed by atoms with Crippen molar-refractivity contribution in [3.05, 3.63) is 60.2 Å². The van der Waals surface area contributed by atoms with Crippen LogP contribution < -0.4 is 5.32 Å². The molecule has 2 aromatic rings. The first-order valence-corrected chi connectivity index (χ1v) is 7.06. The zero-order valence-corrected chi connectivity index (χ0v) is 12.5. The van der Waals surface area contributed by atoms with E-state index in [1.54, 1.807) is 0 Å². The predicted octanol–water partition coefficient (Wildman–Crippen LogP) is 3.10. The van der Waals surface area contributed by atoms with Crippen molar-refractivity contribution in [3.8, 4) is 11.1 Å². The maximum atomic E-state index is 12.1. The fourth-order valence-electron chi connectivity index (χ4n) is 1.92. The zero-order valence-electron chi connectivity index (χ0n) is 12.5. The molecule has 0 aromatic heterocycles. The molecular weight excluding hydrogens is 262 g/mol. The third-order valence-electron chi connectivity index (χ3n) is 3.41. The summed E-state index contributed by atoms with van der Waals surface area (Å²) < 4.78 is 0. The smallest absolute Gasteiger partial charge is 0.251 e. The Morgan fingerprint density at radius 2 is 1.57 bits per heavy atom. The average Bonchev–Trinajstić information content (AvgIpc) is 2.54. The Balaban J connectivity index is 2.04. The summed E-state index contributed by atoms with van der Waals surface area (Å²) in [4.78, 5) is 12.1. The third kappa shape index (κ3) is 4.17. The van der Waals surface area contributed by atoms with Gasteiger partial charge in [-0.25, -0.2) is 0 Å². The van der Waals surface area contributed by atoms with E-state index in [1.165, 1.54) is 0 Å². The molecule has 0 saturated carbocycles. The molecule has 2 rings (SSSR count). The molecule has 0 atom stereocenters. The number of nitrogens with one attached hydrogen (secondary N) is 1. The fraction of sp³-hybridized carbons (Fsp3) is 0.278. The molecule has 3 nitrogen and oxygen atoms in total. The van der Waals surface area contributed by atoms with Crippen LogP contribution in [0.5, 0.6) is 0 Å². The monoisotopic (exact) mass is 283 g/mol. The molecule has 0 bridgehead atoms. The van der Waals surface area contributed by atoms with E-state index in [2.05, 4.69) is 5.32 Å². The van der Waals surface area contributed by atoms with Crippen LogP contribution in [0.1, 0.15) is 24.2 Å². The van der Waals surface area contributed by atoms with Crippen LogP contribution in [0.4, 0.5) is 0 Å². The maximum Gasteiger partial charge on any atom is 0.251 e. The maximum absolute atomic E-state index is 12.1. The molecule has 2 N–H and O–H groups in total. The second-order valence-corrected chi connectivity index (χ2v) is 5.95. The number of aliphatic hydroxyl groups excluding tert-OH is 1. The van der Waals surface area contributed by atoms with Crippen LogP contribution in [0, 0.1) is 5.41 Å². The van der Waals surface area contributed by atoms with Gasteiger partial charge in [-0.3, -0.25) is 4.79 Å². The molecule has 0 aliphatic rings. The highest BCUT2D eigenvalue weighted by atomic mass is 16.3. The van der Waals surface area contributed by atoms with Gasteiger partial charge < -0.3 is 10.4 Å². The quantitative estimate of drug-likeness (QED) is 0.886. The summed E-state index contributed by atoms with van der Waals surface area (Å²) in [5, 5.41) is 12.0.